The number of aryl methyl sites for hydroxylation is 1. The number of Topliss-reactive ketones (excluding diaryl/α,β-unsaturated/α-hetero) is 1. The molecule has 4 aromatic rings. The Kier molecular flexibility index (Phi) is 4.44. The van der Waals surface area contributed by atoms with E-state index in [0.29, 0.717) is 18.2 Å². The summed E-state index contributed by atoms with van der Waals surface area (Å²) in [7, 11) is 1.89. The van der Waals surface area contributed by atoms with E-state index in [0.717, 1.165) is 39.2 Å². The number of carbonyl (C=O) groups is 1. The zero-order chi connectivity index (χ0) is 20.7. The van der Waals surface area contributed by atoms with Gasteiger partial charge in [-0.1, -0.05) is 12.1 Å². The highest BCUT2D eigenvalue weighted by atomic mass is 32.1. The molecule has 3 aromatic heterocycles. The Hall–Kier alpha value is -3.38. The molecular formula is C21H18N6O2S. The Morgan fingerprint density at radius 2 is 2.17 bits per heavy atom. The molecule has 0 aliphatic heterocycles. The molecule has 0 saturated heterocycles. The topological polar surface area (TPSA) is 110 Å². The molecule has 1 fully saturated rings. The van der Waals surface area contributed by atoms with E-state index in [2.05, 4.69) is 21.4 Å². The van der Waals surface area contributed by atoms with Gasteiger partial charge in [-0.05, 0) is 18.9 Å². The Morgan fingerprint density at radius 3 is 2.90 bits per heavy atom. The fraction of sp³-hybridized carbons (Fsp3) is 0.333. The van der Waals surface area contributed by atoms with Gasteiger partial charge in [0.25, 0.3) is 0 Å². The van der Waals surface area contributed by atoms with Crippen molar-refractivity contribution < 1.29 is 9.21 Å². The molecule has 5 rings (SSSR count). The molecule has 1 aliphatic carbocycles. The number of carbonyl (C=O) groups excluding carboxylic acids is 1. The van der Waals surface area contributed by atoms with Crippen LogP contribution >= 0.6 is 11.3 Å². The largest absolute Gasteiger partial charge is 0.424 e. The van der Waals surface area contributed by atoms with Crippen LogP contribution in [0.2, 0.25) is 0 Å². The van der Waals surface area contributed by atoms with Gasteiger partial charge in [0.2, 0.25) is 11.8 Å². The number of ketones is 1. The first kappa shape index (κ1) is 18.6. The van der Waals surface area contributed by atoms with Crippen molar-refractivity contribution in [2.45, 2.75) is 32.1 Å². The second kappa shape index (κ2) is 7.15. The Balaban J connectivity index is 1.32. The van der Waals surface area contributed by atoms with E-state index < -0.39 is 5.41 Å². The molecule has 0 spiro atoms. The van der Waals surface area contributed by atoms with Gasteiger partial charge >= 0.3 is 0 Å². The minimum absolute atomic E-state index is 0.0367. The van der Waals surface area contributed by atoms with Crippen LogP contribution in [0, 0.1) is 16.7 Å². The second-order valence-electron chi connectivity index (χ2n) is 7.71. The fourth-order valence-electron chi connectivity index (χ4n) is 3.51. The third-order valence-corrected chi connectivity index (χ3v) is 6.29. The molecule has 3 heterocycles. The lowest BCUT2D eigenvalue weighted by atomic mass is 10.00. The van der Waals surface area contributed by atoms with Gasteiger partial charge in [0.05, 0.1) is 40.7 Å². The second-order valence-corrected chi connectivity index (χ2v) is 8.83. The number of thiazole rings is 1. The summed E-state index contributed by atoms with van der Waals surface area (Å²) >= 11 is 1.58. The standard InChI is InChI=1S/C21H18N6O2S/c1-27-11-13(10-23-27)15-3-2-4-16-20(15)24-19(30-16)8-18-26-25-17(29-18)7-14(28)9-21(12-22)5-6-21/h2-4,10-11H,5-9H2,1H3. The van der Waals surface area contributed by atoms with Crippen LogP contribution in [0.4, 0.5) is 0 Å². The number of nitriles is 1. The number of hydrogen-bond acceptors (Lipinski definition) is 8. The van der Waals surface area contributed by atoms with Gasteiger partial charge < -0.3 is 4.42 Å². The highest BCUT2D eigenvalue weighted by molar-refractivity contribution is 7.18. The maximum atomic E-state index is 12.2. The molecule has 9 heteroatoms. The Morgan fingerprint density at radius 1 is 1.33 bits per heavy atom. The fourth-order valence-corrected chi connectivity index (χ4v) is 4.50. The summed E-state index contributed by atoms with van der Waals surface area (Å²) in [6.07, 6.45) is 6.12. The van der Waals surface area contributed by atoms with Crippen LogP contribution in [0.25, 0.3) is 21.3 Å². The van der Waals surface area contributed by atoms with Gasteiger partial charge in [0.15, 0.2) is 0 Å². The number of benzene rings is 1. The molecule has 0 atom stereocenters. The molecule has 1 aliphatic rings. The van der Waals surface area contributed by atoms with Crippen LogP contribution in [-0.4, -0.2) is 30.7 Å². The van der Waals surface area contributed by atoms with E-state index in [1.165, 1.54) is 0 Å². The van der Waals surface area contributed by atoms with Crippen molar-refractivity contribution in [1.29, 1.82) is 5.26 Å². The molecule has 150 valence electrons. The maximum absolute atomic E-state index is 12.2. The van der Waals surface area contributed by atoms with Crippen LogP contribution in [0.3, 0.4) is 0 Å². The van der Waals surface area contributed by atoms with Crippen molar-refractivity contribution in [3.8, 4) is 17.2 Å². The number of nitrogens with zero attached hydrogens (tertiary/aromatic N) is 6. The summed E-state index contributed by atoms with van der Waals surface area (Å²) in [5, 5.41) is 22.3. The van der Waals surface area contributed by atoms with Gasteiger partial charge in [0, 0.05) is 30.8 Å². The average molecular weight is 418 g/mol. The summed E-state index contributed by atoms with van der Waals surface area (Å²) in [6, 6.07) is 8.32. The molecule has 30 heavy (non-hydrogen) atoms. The molecule has 0 amide bonds. The molecule has 0 N–H and O–H groups in total. The van der Waals surface area contributed by atoms with Crippen LogP contribution in [0.15, 0.2) is 35.0 Å². The number of fused-ring (bicyclic) bond motifs is 1. The lowest BCUT2D eigenvalue weighted by Crippen LogP contribution is -2.10. The SMILES string of the molecule is Cn1cc(-c2cccc3sc(Cc4nnc(CC(=O)CC5(C#N)CC5)o4)nc23)cn1. The predicted molar refractivity (Wildman–Crippen MR) is 110 cm³/mol. The van der Waals surface area contributed by atoms with Crippen molar-refractivity contribution in [3.63, 3.8) is 0 Å². The van der Waals surface area contributed by atoms with Gasteiger partial charge in [-0.25, -0.2) is 4.98 Å². The van der Waals surface area contributed by atoms with Gasteiger partial charge in [-0.15, -0.1) is 21.5 Å². The third-order valence-electron chi connectivity index (χ3n) is 5.26. The summed E-state index contributed by atoms with van der Waals surface area (Å²) in [4.78, 5) is 17.0. The van der Waals surface area contributed by atoms with Crippen LogP contribution in [0.1, 0.15) is 36.1 Å². The van der Waals surface area contributed by atoms with E-state index in [9.17, 15) is 4.79 Å². The summed E-state index contributed by atoms with van der Waals surface area (Å²) < 4.78 is 8.51. The van der Waals surface area contributed by atoms with Crippen LogP contribution < -0.4 is 0 Å². The highest BCUT2D eigenvalue weighted by Crippen LogP contribution is 2.48. The summed E-state index contributed by atoms with van der Waals surface area (Å²) in [5.41, 5.74) is 2.52. The molecule has 0 bridgehead atoms. The highest BCUT2D eigenvalue weighted by Gasteiger charge is 2.44. The normalized spacial score (nSPS) is 14.7. The molecule has 1 saturated carbocycles. The van der Waals surface area contributed by atoms with Crippen molar-refractivity contribution in [3.05, 3.63) is 47.4 Å². The first-order chi connectivity index (χ1) is 14.5. The van der Waals surface area contributed by atoms with E-state index in [4.69, 9.17) is 14.7 Å². The zero-order valence-electron chi connectivity index (χ0n) is 16.3. The van der Waals surface area contributed by atoms with Crippen LogP contribution in [-0.2, 0) is 24.7 Å². The Labute approximate surface area is 176 Å². The van der Waals surface area contributed by atoms with E-state index >= 15 is 0 Å². The molecule has 0 unspecified atom stereocenters. The summed E-state index contributed by atoms with van der Waals surface area (Å²) in [6.45, 7) is 0. The minimum atomic E-state index is -0.451. The quantitative estimate of drug-likeness (QED) is 0.452. The first-order valence-corrected chi connectivity index (χ1v) is 10.5. The monoisotopic (exact) mass is 418 g/mol. The predicted octanol–water partition coefficient (Wildman–Crippen LogP) is 3.48. The van der Waals surface area contributed by atoms with Crippen molar-refractivity contribution >= 4 is 27.3 Å². The number of aromatic nitrogens is 5. The lowest BCUT2D eigenvalue weighted by molar-refractivity contribution is -0.119. The van der Waals surface area contributed by atoms with Gasteiger partial charge in [-0.2, -0.15) is 10.4 Å². The van der Waals surface area contributed by atoms with E-state index in [1.54, 1.807) is 16.0 Å². The molecular weight excluding hydrogens is 400 g/mol. The summed E-state index contributed by atoms with van der Waals surface area (Å²) in [5.74, 6) is 0.687. The number of para-hydroxylation sites is 1. The van der Waals surface area contributed by atoms with Crippen molar-refractivity contribution in [2.24, 2.45) is 12.5 Å². The maximum Gasteiger partial charge on any atom is 0.223 e. The smallest absolute Gasteiger partial charge is 0.223 e. The van der Waals surface area contributed by atoms with Crippen LogP contribution in [0.5, 0.6) is 0 Å². The number of rotatable bonds is 7. The molecule has 8 nitrogen and oxygen atoms in total. The van der Waals surface area contributed by atoms with Crippen molar-refractivity contribution in [1.82, 2.24) is 25.0 Å². The molecule has 1 aromatic carbocycles. The zero-order valence-corrected chi connectivity index (χ0v) is 17.1. The van der Waals surface area contributed by atoms with Gasteiger partial charge in [-0.3, -0.25) is 9.48 Å². The molecule has 0 radical (unpaired) electrons. The minimum Gasteiger partial charge on any atom is -0.424 e. The number of hydrogen-bond donors (Lipinski definition) is 0. The van der Waals surface area contributed by atoms with Crippen molar-refractivity contribution in [2.75, 3.05) is 0 Å². The first-order valence-electron chi connectivity index (χ1n) is 9.65. The Bertz CT molecular complexity index is 1290. The van der Waals surface area contributed by atoms with E-state index in [-0.39, 0.29) is 18.6 Å². The third kappa shape index (κ3) is 3.62. The average Bonchev–Trinajstić information content (AvgIpc) is 3.05. The lowest BCUT2D eigenvalue weighted by Gasteiger charge is -2.01. The van der Waals surface area contributed by atoms with E-state index in [1.807, 2.05) is 37.6 Å². The van der Waals surface area contributed by atoms with Gasteiger partial charge in [0.1, 0.15) is 10.8 Å².